The molecule has 4 heteroatoms. The zero-order valence-corrected chi connectivity index (χ0v) is 11.8. The average Bonchev–Trinajstić information content (AvgIpc) is 3.00. The van der Waals surface area contributed by atoms with E-state index in [2.05, 4.69) is 22.8 Å². The minimum absolute atomic E-state index is 0.338. The number of rotatable bonds is 6. The van der Waals surface area contributed by atoms with Crippen molar-refractivity contribution in [2.45, 2.75) is 25.7 Å². The van der Waals surface area contributed by atoms with Crippen LogP contribution in [0.2, 0.25) is 0 Å². The average molecular weight is 266 g/mol. The molecular weight excluding hydrogens is 244 g/mol. The summed E-state index contributed by atoms with van der Waals surface area (Å²) in [6, 6.07) is 4.22. The number of hydrogen-bond donors (Lipinski definition) is 1. The molecule has 1 aliphatic rings. The Hall–Kier alpha value is -0.870. The van der Waals surface area contributed by atoms with Crippen LogP contribution in [0.4, 0.5) is 0 Å². The topological polar surface area (TPSA) is 32.3 Å². The lowest BCUT2D eigenvalue weighted by molar-refractivity contribution is -0.130. The molecule has 1 aromatic rings. The standard InChI is InChI=1S/C14H22N2OS/c1-15-10-12-7-8-16(11-12)14(17)6-2-4-13-5-3-9-18-13/h3,5,9,12,15H,2,4,6-8,10-11H2,1H3. The first kappa shape index (κ1) is 13.6. The van der Waals surface area contributed by atoms with Gasteiger partial charge in [0.1, 0.15) is 0 Å². The Morgan fingerprint density at radius 3 is 3.22 bits per heavy atom. The molecule has 0 aliphatic carbocycles. The molecule has 1 aliphatic heterocycles. The summed E-state index contributed by atoms with van der Waals surface area (Å²) >= 11 is 1.78. The molecule has 1 fully saturated rings. The minimum atomic E-state index is 0.338. The van der Waals surface area contributed by atoms with Crippen LogP contribution in [0.15, 0.2) is 17.5 Å². The number of hydrogen-bond acceptors (Lipinski definition) is 3. The summed E-state index contributed by atoms with van der Waals surface area (Å²) in [5.41, 5.74) is 0. The summed E-state index contributed by atoms with van der Waals surface area (Å²) < 4.78 is 0. The van der Waals surface area contributed by atoms with Gasteiger partial charge in [0.25, 0.3) is 0 Å². The molecule has 3 nitrogen and oxygen atoms in total. The molecule has 1 amide bonds. The first-order valence-corrected chi connectivity index (χ1v) is 7.62. The molecule has 1 atom stereocenters. The van der Waals surface area contributed by atoms with Crippen molar-refractivity contribution in [1.82, 2.24) is 10.2 Å². The van der Waals surface area contributed by atoms with Gasteiger partial charge in [-0.05, 0) is 50.2 Å². The monoisotopic (exact) mass is 266 g/mol. The van der Waals surface area contributed by atoms with Crippen molar-refractivity contribution in [3.63, 3.8) is 0 Å². The van der Waals surface area contributed by atoms with Crippen LogP contribution in [0.5, 0.6) is 0 Å². The number of likely N-dealkylation sites (tertiary alicyclic amines) is 1. The van der Waals surface area contributed by atoms with E-state index in [0.717, 1.165) is 38.9 Å². The van der Waals surface area contributed by atoms with Crippen molar-refractivity contribution >= 4 is 17.2 Å². The van der Waals surface area contributed by atoms with Crippen molar-refractivity contribution in [2.75, 3.05) is 26.7 Å². The van der Waals surface area contributed by atoms with Crippen LogP contribution < -0.4 is 5.32 Å². The lowest BCUT2D eigenvalue weighted by atomic mass is 10.1. The highest BCUT2D eigenvalue weighted by Gasteiger charge is 2.24. The number of amides is 1. The highest BCUT2D eigenvalue weighted by atomic mass is 32.1. The van der Waals surface area contributed by atoms with E-state index < -0.39 is 0 Å². The molecule has 0 radical (unpaired) electrons. The molecule has 1 aromatic heterocycles. The van der Waals surface area contributed by atoms with E-state index in [9.17, 15) is 4.79 Å². The second-order valence-corrected chi connectivity index (χ2v) is 6.02. The van der Waals surface area contributed by atoms with Gasteiger partial charge in [-0.3, -0.25) is 4.79 Å². The molecule has 18 heavy (non-hydrogen) atoms. The van der Waals surface area contributed by atoms with Crippen LogP contribution in [-0.4, -0.2) is 37.5 Å². The van der Waals surface area contributed by atoms with E-state index in [1.807, 2.05) is 11.9 Å². The highest BCUT2D eigenvalue weighted by Crippen LogP contribution is 2.18. The number of carbonyl (C=O) groups is 1. The molecule has 2 rings (SSSR count). The number of thiophene rings is 1. The Bertz CT molecular complexity index is 364. The molecule has 0 aromatic carbocycles. The summed E-state index contributed by atoms with van der Waals surface area (Å²) in [7, 11) is 1.98. The summed E-state index contributed by atoms with van der Waals surface area (Å²) in [6.45, 7) is 2.92. The van der Waals surface area contributed by atoms with Gasteiger partial charge in [-0.1, -0.05) is 6.07 Å². The maximum absolute atomic E-state index is 12.0. The molecule has 1 unspecified atom stereocenters. The minimum Gasteiger partial charge on any atom is -0.342 e. The van der Waals surface area contributed by atoms with E-state index in [0.29, 0.717) is 18.2 Å². The van der Waals surface area contributed by atoms with E-state index in [-0.39, 0.29) is 0 Å². The van der Waals surface area contributed by atoms with E-state index in [1.54, 1.807) is 11.3 Å². The predicted molar refractivity (Wildman–Crippen MR) is 75.9 cm³/mol. The zero-order chi connectivity index (χ0) is 12.8. The van der Waals surface area contributed by atoms with Gasteiger partial charge < -0.3 is 10.2 Å². The van der Waals surface area contributed by atoms with Gasteiger partial charge in [0.2, 0.25) is 5.91 Å². The fourth-order valence-corrected chi connectivity index (χ4v) is 3.29. The normalized spacial score (nSPS) is 19.4. The third-order valence-electron chi connectivity index (χ3n) is 3.53. The molecule has 0 bridgehead atoms. The van der Waals surface area contributed by atoms with Crippen LogP contribution in [0, 0.1) is 5.92 Å². The van der Waals surface area contributed by atoms with Crippen LogP contribution in [-0.2, 0) is 11.2 Å². The smallest absolute Gasteiger partial charge is 0.222 e. The first-order chi connectivity index (χ1) is 8.79. The van der Waals surface area contributed by atoms with Crippen molar-refractivity contribution in [3.8, 4) is 0 Å². The number of carbonyl (C=O) groups excluding carboxylic acids is 1. The Balaban J connectivity index is 1.66. The van der Waals surface area contributed by atoms with Crippen LogP contribution >= 0.6 is 11.3 Å². The zero-order valence-electron chi connectivity index (χ0n) is 11.0. The van der Waals surface area contributed by atoms with Gasteiger partial charge in [0.05, 0.1) is 0 Å². The second kappa shape index (κ2) is 6.90. The molecule has 0 saturated carbocycles. The van der Waals surface area contributed by atoms with E-state index in [4.69, 9.17) is 0 Å². The molecule has 1 N–H and O–H groups in total. The fraction of sp³-hybridized carbons (Fsp3) is 0.643. The molecule has 100 valence electrons. The number of nitrogens with zero attached hydrogens (tertiary/aromatic N) is 1. The van der Waals surface area contributed by atoms with Gasteiger partial charge in [-0.25, -0.2) is 0 Å². The van der Waals surface area contributed by atoms with Crippen molar-refractivity contribution < 1.29 is 4.79 Å². The van der Waals surface area contributed by atoms with Crippen molar-refractivity contribution in [2.24, 2.45) is 5.92 Å². The maximum atomic E-state index is 12.0. The fourth-order valence-electron chi connectivity index (χ4n) is 2.54. The lowest BCUT2D eigenvalue weighted by Gasteiger charge is -2.16. The molecule has 0 spiro atoms. The first-order valence-electron chi connectivity index (χ1n) is 6.74. The SMILES string of the molecule is CNCC1CCN(C(=O)CCCc2cccs2)C1. The van der Waals surface area contributed by atoms with E-state index in [1.165, 1.54) is 4.88 Å². The van der Waals surface area contributed by atoms with Gasteiger partial charge in [0.15, 0.2) is 0 Å². The third kappa shape index (κ3) is 3.82. The summed E-state index contributed by atoms with van der Waals surface area (Å²) in [6.07, 6.45) is 3.87. The largest absolute Gasteiger partial charge is 0.342 e. The van der Waals surface area contributed by atoms with Gasteiger partial charge in [-0.2, -0.15) is 0 Å². The Labute approximate surface area is 113 Å². The van der Waals surface area contributed by atoms with E-state index >= 15 is 0 Å². The predicted octanol–water partition coefficient (Wildman–Crippen LogP) is 2.14. The number of aryl methyl sites for hydroxylation is 1. The second-order valence-electron chi connectivity index (χ2n) is 4.99. The Morgan fingerprint density at radius 2 is 2.50 bits per heavy atom. The Kier molecular flexibility index (Phi) is 5.20. The lowest BCUT2D eigenvalue weighted by Crippen LogP contribution is -2.30. The highest BCUT2D eigenvalue weighted by molar-refractivity contribution is 7.09. The van der Waals surface area contributed by atoms with Gasteiger partial charge >= 0.3 is 0 Å². The Morgan fingerprint density at radius 1 is 1.61 bits per heavy atom. The molecule has 1 saturated heterocycles. The molecular formula is C14H22N2OS. The van der Waals surface area contributed by atoms with Crippen LogP contribution in [0.3, 0.4) is 0 Å². The van der Waals surface area contributed by atoms with Crippen molar-refractivity contribution in [3.05, 3.63) is 22.4 Å². The summed E-state index contributed by atoms with van der Waals surface area (Å²) in [5.74, 6) is 0.987. The van der Waals surface area contributed by atoms with Crippen LogP contribution in [0.25, 0.3) is 0 Å². The maximum Gasteiger partial charge on any atom is 0.222 e. The van der Waals surface area contributed by atoms with Crippen LogP contribution in [0.1, 0.15) is 24.1 Å². The number of nitrogens with one attached hydrogen (secondary N) is 1. The van der Waals surface area contributed by atoms with Gasteiger partial charge in [-0.15, -0.1) is 11.3 Å². The molecule has 2 heterocycles. The van der Waals surface area contributed by atoms with Crippen molar-refractivity contribution in [1.29, 1.82) is 0 Å². The quantitative estimate of drug-likeness (QED) is 0.855. The summed E-state index contributed by atoms with van der Waals surface area (Å²) in [4.78, 5) is 15.5. The summed E-state index contributed by atoms with van der Waals surface area (Å²) in [5, 5.41) is 5.29. The van der Waals surface area contributed by atoms with Gasteiger partial charge in [0, 0.05) is 24.4 Å². The third-order valence-corrected chi connectivity index (χ3v) is 4.46.